The van der Waals surface area contributed by atoms with Crippen LogP contribution in [0.1, 0.15) is 16.7 Å². The number of carbonyl (C=O) groups is 1. The lowest BCUT2D eigenvalue weighted by atomic mass is 10.1. The number of hydrogen-bond donors (Lipinski definition) is 1. The number of nitriles is 1. The molecule has 0 atom stereocenters. The van der Waals surface area contributed by atoms with Gasteiger partial charge in [-0.05, 0) is 29.8 Å². The van der Waals surface area contributed by atoms with Crippen LogP contribution in [0.25, 0.3) is 0 Å². The summed E-state index contributed by atoms with van der Waals surface area (Å²) < 4.78 is 5.65. The van der Waals surface area contributed by atoms with Gasteiger partial charge in [0.25, 0.3) is 0 Å². The number of nitrogens with zero attached hydrogens (tertiary/aromatic N) is 1. The lowest BCUT2D eigenvalue weighted by molar-refractivity contribution is -0.136. The molecule has 0 heterocycles. The van der Waals surface area contributed by atoms with E-state index in [2.05, 4.69) is 0 Å². The molecule has 0 fully saturated rings. The highest BCUT2D eigenvalue weighted by molar-refractivity contribution is 6.30. The maximum atomic E-state index is 10.8. The molecular formula is C16H12ClNO3. The number of aliphatic carboxylic acids is 1. The molecule has 0 spiro atoms. The first-order valence-electron chi connectivity index (χ1n) is 6.20. The van der Waals surface area contributed by atoms with Crippen LogP contribution in [-0.4, -0.2) is 11.1 Å². The van der Waals surface area contributed by atoms with Crippen molar-refractivity contribution in [2.75, 3.05) is 0 Å². The zero-order chi connectivity index (χ0) is 15.2. The van der Waals surface area contributed by atoms with E-state index in [1.807, 2.05) is 6.07 Å². The Balaban J connectivity index is 2.15. The molecule has 0 aliphatic carbocycles. The highest BCUT2D eigenvalue weighted by atomic mass is 35.5. The fourth-order valence-electron chi connectivity index (χ4n) is 1.91. The first-order chi connectivity index (χ1) is 10.1. The Bertz CT molecular complexity index is 707. The van der Waals surface area contributed by atoms with Gasteiger partial charge in [0, 0.05) is 10.6 Å². The van der Waals surface area contributed by atoms with Crippen molar-refractivity contribution in [2.24, 2.45) is 0 Å². The third-order valence-corrected chi connectivity index (χ3v) is 3.01. The van der Waals surface area contributed by atoms with Crippen molar-refractivity contribution in [3.63, 3.8) is 0 Å². The third-order valence-electron chi connectivity index (χ3n) is 2.80. The fourth-order valence-corrected chi connectivity index (χ4v) is 2.17. The van der Waals surface area contributed by atoms with E-state index in [1.165, 1.54) is 0 Å². The summed E-state index contributed by atoms with van der Waals surface area (Å²) in [6.45, 7) is 0.214. The summed E-state index contributed by atoms with van der Waals surface area (Å²) in [5.41, 5.74) is 1.82. The van der Waals surface area contributed by atoms with E-state index < -0.39 is 5.97 Å². The van der Waals surface area contributed by atoms with Gasteiger partial charge >= 0.3 is 5.97 Å². The van der Waals surface area contributed by atoms with Gasteiger partial charge in [0.1, 0.15) is 12.4 Å². The standard InChI is InChI=1S/C16H12ClNO3/c17-14-6-11(9-18)5-12(7-14)10-21-15-4-2-1-3-13(15)8-16(19)20/h1-7H,8,10H2,(H,19,20). The van der Waals surface area contributed by atoms with Crippen LogP contribution in [-0.2, 0) is 17.8 Å². The van der Waals surface area contributed by atoms with Crippen molar-refractivity contribution in [3.05, 3.63) is 64.2 Å². The van der Waals surface area contributed by atoms with Gasteiger partial charge in [-0.15, -0.1) is 0 Å². The highest BCUT2D eigenvalue weighted by Crippen LogP contribution is 2.21. The molecule has 21 heavy (non-hydrogen) atoms. The molecule has 0 aliphatic rings. The number of para-hydroxylation sites is 1. The Labute approximate surface area is 127 Å². The first kappa shape index (κ1) is 14.9. The minimum absolute atomic E-state index is 0.102. The Morgan fingerprint density at radius 3 is 2.76 bits per heavy atom. The van der Waals surface area contributed by atoms with Crippen molar-refractivity contribution in [3.8, 4) is 11.8 Å². The summed E-state index contributed by atoms with van der Waals surface area (Å²) in [6.07, 6.45) is -0.102. The van der Waals surface area contributed by atoms with E-state index >= 15 is 0 Å². The Morgan fingerprint density at radius 2 is 2.05 bits per heavy atom. The van der Waals surface area contributed by atoms with E-state index in [0.29, 0.717) is 21.9 Å². The average Bonchev–Trinajstić information content (AvgIpc) is 2.45. The summed E-state index contributed by atoms with van der Waals surface area (Å²) in [7, 11) is 0. The lowest BCUT2D eigenvalue weighted by Crippen LogP contribution is -2.04. The van der Waals surface area contributed by atoms with E-state index in [4.69, 9.17) is 26.7 Å². The zero-order valence-electron chi connectivity index (χ0n) is 11.0. The van der Waals surface area contributed by atoms with Crippen LogP contribution < -0.4 is 4.74 Å². The highest BCUT2D eigenvalue weighted by Gasteiger charge is 2.08. The maximum Gasteiger partial charge on any atom is 0.307 e. The van der Waals surface area contributed by atoms with Crippen LogP contribution in [0.3, 0.4) is 0 Å². The topological polar surface area (TPSA) is 70.3 Å². The summed E-state index contributed by atoms with van der Waals surface area (Å²) >= 11 is 5.93. The Kier molecular flexibility index (Phi) is 4.81. The predicted octanol–water partition coefficient (Wildman–Crippen LogP) is 3.42. The Morgan fingerprint density at radius 1 is 1.29 bits per heavy atom. The van der Waals surface area contributed by atoms with Crippen LogP contribution in [0.5, 0.6) is 5.75 Å². The smallest absolute Gasteiger partial charge is 0.307 e. The van der Waals surface area contributed by atoms with Gasteiger partial charge in [-0.3, -0.25) is 4.79 Å². The van der Waals surface area contributed by atoms with E-state index in [-0.39, 0.29) is 13.0 Å². The van der Waals surface area contributed by atoms with Crippen molar-refractivity contribution in [1.82, 2.24) is 0 Å². The molecule has 2 rings (SSSR count). The van der Waals surface area contributed by atoms with Gasteiger partial charge in [-0.2, -0.15) is 5.26 Å². The molecule has 4 nitrogen and oxygen atoms in total. The fraction of sp³-hybridized carbons (Fsp3) is 0.125. The molecular weight excluding hydrogens is 290 g/mol. The Hall–Kier alpha value is -2.51. The van der Waals surface area contributed by atoms with Crippen molar-refractivity contribution >= 4 is 17.6 Å². The van der Waals surface area contributed by atoms with Gasteiger partial charge in [0.2, 0.25) is 0 Å². The summed E-state index contributed by atoms with van der Waals surface area (Å²) in [4.78, 5) is 10.8. The SMILES string of the molecule is N#Cc1cc(Cl)cc(COc2ccccc2CC(=O)O)c1. The zero-order valence-corrected chi connectivity index (χ0v) is 11.8. The average molecular weight is 302 g/mol. The molecule has 1 N–H and O–H groups in total. The third kappa shape index (κ3) is 4.23. The van der Waals surface area contributed by atoms with Gasteiger partial charge < -0.3 is 9.84 Å². The second-order valence-corrected chi connectivity index (χ2v) is 4.86. The second kappa shape index (κ2) is 6.78. The maximum absolute atomic E-state index is 10.8. The molecule has 0 bridgehead atoms. The molecule has 5 heteroatoms. The van der Waals surface area contributed by atoms with Crippen LogP contribution >= 0.6 is 11.6 Å². The predicted molar refractivity (Wildman–Crippen MR) is 78.3 cm³/mol. The molecule has 0 saturated carbocycles. The molecule has 2 aromatic rings. The number of benzene rings is 2. The largest absolute Gasteiger partial charge is 0.489 e. The first-order valence-corrected chi connectivity index (χ1v) is 6.58. The molecule has 106 valence electrons. The van der Waals surface area contributed by atoms with Crippen molar-refractivity contribution < 1.29 is 14.6 Å². The minimum atomic E-state index is -0.916. The van der Waals surface area contributed by atoms with Gasteiger partial charge in [-0.1, -0.05) is 29.8 Å². The second-order valence-electron chi connectivity index (χ2n) is 4.43. The normalized spacial score (nSPS) is 9.90. The molecule has 0 saturated heterocycles. The van der Waals surface area contributed by atoms with Gasteiger partial charge in [0.05, 0.1) is 18.1 Å². The number of hydrogen-bond acceptors (Lipinski definition) is 3. The summed E-state index contributed by atoms with van der Waals surface area (Å²) in [5, 5.41) is 18.2. The van der Waals surface area contributed by atoms with Crippen LogP contribution in [0.4, 0.5) is 0 Å². The molecule has 0 amide bonds. The number of rotatable bonds is 5. The molecule has 0 unspecified atom stereocenters. The van der Waals surface area contributed by atoms with E-state index in [1.54, 1.807) is 42.5 Å². The van der Waals surface area contributed by atoms with E-state index in [9.17, 15) is 4.79 Å². The number of carboxylic acid groups (broad SMARTS) is 1. The molecule has 0 aromatic heterocycles. The molecule has 0 aliphatic heterocycles. The van der Waals surface area contributed by atoms with Crippen LogP contribution in [0.15, 0.2) is 42.5 Å². The van der Waals surface area contributed by atoms with Crippen molar-refractivity contribution in [1.29, 1.82) is 5.26 Å². The van der Waals surface area contributed by atoms with Crippen LogP contribution in [0, 0.1) is 11.3 Å². The number of halogens is 1. The van der Waals surface area contributed by atoms with Crippen molar-refractivity contribution in [2.45, 2.75) is 13.0 Å². The monoisotopic (exact) mass is 301 g/mol. The van der Waals surface area contributed by atoms with Gasteiger partial charge in [-0.25, -0.2) is 0 Å². The summed E-state index contributed by atoms with van der Waals surface area (Å²) in [6, 6.07) is 14.0. The number of ether oxygens (including phenoxy) is 1. The van der Waals surface area contributed by atoms with Crippen LogP contribution in [0.2, 0.25) is 5.02 Å². The van der Waals surface area contributed by atoms with Gasteiger partial charge in [0.15, 0.2) is 0 Å². The minimum Gasteiger partial charge on any atom is -0.489 e. The van der Waals surface area contributed by atoms with E-state index in [0.717, 1.165) is 5.56 Å². The summed E-state index contributed by atoms with van der Waals surface area (Å²) in [5.74, 6) is -0.404. The number of carboxylic acids is 1. The quantitative estimate of drug-likeness (QED) is 0.918. The lowest BCUT2D eigenvalue weighted by Gasteiger charge is -2.10. The molecule has 0 radical (unpaired) electrons. The molecule has 2 aromatic carbocycles.